The second-order valence-electron chi connectivity index (χ2n) is 5.73. The van der Waals surface area contributed by atoms with E-state index < -0.39 is 10.0 Å². The predicted octanol–water partition coefficient (Wildman–Crippen LogP) is 0.960. The zero-order chi connectivity index (χ0) is 15.7. The number of hydrogen-bond donors (Lipinski definition) is 1. The fraction of sp³-hybridized carbons (Fsp3) is 0.615. The summed E-state index contributed by atoms with van der Waals surface area (Å²) >= 11 is 0. The highest BCUT2D eigenvalue weighted by Gasteiger charge is 2.28. The van der Waals surface area contributed by atoms with E-state index in [1.54, 1.807) is 15.2 Å². The zero-order valence-electron chi connectivity index (χ0n) is 12.5. The van der Waals surface area contributed by atoms with Crippen LogP contribution in [0.5, 0.6) is 0 Å². The van der Waals surface area contributed by atoms with Crippen LogP contribution in [0.1, 0.15) is 32.1 Å². The Bertz CT molecular complexity index is 766. The van der Waals surface area contributed by atoms with Gasteiger partial charge in [-0.05, 0) is 12.8 Å². The van der Waals surface area contributed by atoms with Gasteiger partial charge in [0, 0.05) is 6.04 Å². The van der Waals surface area contributed by atoms with E-state index in [0.717, 1.165) is 25.7 Å². The first-order valence-electron chi connectivity index (χ1n) is 7.35. The Morgan fingerprint density at radius 2 is 2.00 bits per heavy atom. The first-order valence-corrected chi connectivity index (χ1v) is 9.20. The van der Waals surface area contributed by atoms with Crippen molar-refractivity contribution in [2.45, 2.75) is 44.8 Å². The highest BCUT2D eigenvalue weighted by Crippen LogP contribution is 2.25. The van der Waals surface area contributed by atoms with Crippen LogP contribution in [0.4, 0.5) is 5.82 Å². The standard InChI is InChI=1S/C13H20N6O2S/c1-22(20,21)19(10-5-3-2-4-6-10)9-18-8-17-11-12(14)15-7-16-13(11)18/h7-8,10H,2-6,9H2,1H3,(H2,14,15,16). The highest BCUT2D eigenvalue weighted by atomic mass is 32.2. The van der Waals surface area contributed by atoms with Crippen molar-refractivity contribution in [2.24, 2.45) is 0 Å². The Balaban J connectivity index is 1.94. The summed E-state index contributed by atoms with van der Waals surface area (Å²) in [4.78, 5) is 12.3. The van der Waals surface area contributed by atoms with Gasteiger partial charge in [-0.1, -0.05) is 19.3 Å². The molecule has 1 aliphatic rings. The summed E-state index contributed by atoms with van der Waals surface area (Å²) < 4.78 is 27.6. The lowest BCUT2D eigenvalue weighted by atomic mass is 9.96. The smallest absolute Gasteiger partial charge is 0.213 e. The lowest BCUT2D eigenvalue weighted by Crippen LogP contribution is -2.41. The Morgan fingerprint density at radius 3 is 2.68 bits per heavy atom. The van der Waals surface area contributed by atoms with E-state index in [1.165, 1.54) is 19.0 Å². The average Bonchev–Trinajstić information content (AvgIpc) is 2.89. The molecule has 0 aliphatic heterocycles. The number of sulfonamides is 1. The van der Waals surface area contributed by atoms with Crippen molar-refractivity contribution in [1.29, 1.82) is 0 Å². The van der Waals surface area contributed by atoms with Crippen LogP contribution < -0.4 is 5.73 Å². The molecule has 2 N–H and O–H groups in total. The number of rotatable bonds is 4. The molecule has 0 aromatic carbocycles. The third-order valence-electron chi connectivity index (χ3n) is 4.13. The van der Waals surface area contributed by atoms with Gasteiger partial charge in [0.05, 0.1) is 19.3 Å². The van der Waals surface area contributed by atoms with Crippen LogP contribution in [0, 0.1) is 0 Å². The van der Waals surface area contributed by atoms with Gasteiger partial charge in [0.2, 0.25) is 10.0 Å². The van der Waals surface area contributed by atoms with E-state index >= 15 is 0 Å². The molecule has 0 unspecified atom stereocenters. The van der Waals surface area contributed by atoms with Crippen LogP contribution in [-0.4, -0.2) is 44.5 Å². The van der Waals surface area contributed by atoms with Crippen molar-refractivity contribution >= 4 is 27.0 Å². The molecular formula is C13H20N6O2S. The number of nitrogen functional groups attached to an aromatic ring is 1. The SMILES string of the molecule is CS(=O)(=O)N(Cn1cnc2c(N)ncnc21)C1CCCCC1. The number of nitrogens with zero attached hydrogens (tertiary/aromatic N) is 5. The number of nitrogens with two attached hydrogens (primary N) is 1. The largest absolute Gasteiger partial charge is 0.382 e. The zero-order valence-corrected chi connectivity index (χ0v) is 13.3. The summed E-state index contributed by atoms with van der Waals surface area (Å²) in [5.74, 6) is 0.298. The molecule has 1 fully saturated rings. The Hall–Kier alpha value is -1.74. The molecule has 22 heavy (non-hydrogen) atoms. The summed E-state index contributed by atoms with van der Waals surface area (Å²) in [7, 11) is -3.31. The third-order valence-corrected chi connectivity index (χ3v) is 5.39. The van der Waals surface area contributed by atoms with E-state index in [4.69, 9.17) is 5.73 Å². The van der Waals surface area contributed by atoms with Crippen LogP contribution in [0.2, 0.25) is 0 Å². The molecule has 2 heterocycles. The average molecular weight is 324 g/mol. The number of aromatic nitrogens is 4. The normalized spacial score (nSPS) is 17.4. The van der Waals surface area contributed by atoms with Crippen LogP contribution in [-0.2, 0) is 16.7 Å². The molecule has 9 heteroatoms. The topological polar surface area (TPSA) is 107 Å². The van der Waals surface area contributed by atoms with Crippen LogP contribution in [0.25, 0.3) is 11.2 Å². The first kappa shape index (κ1) is 15.2. The fourth-order valence-electron chi connectivity index (χ4n) is 3.01. The van der Waals surface area contributed by atoms with Crippen LogP contribution in [0.15, 0.2) is 12.7 Å². The van der Waals surface area contributed by atoms with E-state index in [1.807, 2.05) is 0 Å². The number of fused-ring (bicyclic) bond motifs is 1. The summed E-state index contributed by atoms with van der Waals surface area (Å²) in [5, 5.41) is 0. The minimum Gasteiger partial charge on any atom is -0.382 e. The van der Waals surface area contributed by atoms with Crippen LogP contribution >= 0.6 is 0 Å². The first-order chi connectivity index (χ1) is 10.5. The van der Waals surface area contributed by atoms with Gasteiger partial charge >= 0.3 is 0 Å². The van der Waals surface area contributed by atoms with E-state index in [-0.39, 0.29) is 12.7 Å². The summed E-state index contributed by atoms with van der Waals surface area (Å²) in [5.41, 5.74) is 6.82. The minimum atomic E-state index is -3.31. The molecule has 0 spiro atoms. The summed E-state index contributed by atoms with van der Waals surface area (Å²) in [6, 6.07) is 0.0420. The maximum Gasteiger partial charge on any atom is 0.213 e. The highest BCUT2D eigenvalue weighted by molar-refractivity contribution is 7.88. The van der Waals surface area contributed by atoms with Crippen LogP contribution in [0.3, 0.4) is 0 Å². The molecule has 0 bridgehead atoms. The van der Waals surface area contributed by atoms with E-state index in [2.05, 4.69) is 15.0 Å². The molecular weight excluding hydrogens is 304 g/mol. The predicted molar refractivity (Wildman–Crippen MR) is 83.3 cm³/mol. The van der Waals surface area contributed by atoms with Gasteiger partial charge in [0.25, 0.3) is 0 Å². The maximum absolute atomic E-state index is 12.2. The summed E-state index contributed by atoms with van der Waals surface area (Å²) in [6.45, 7) is 0.205. The molecule has 0 atom stereocenters. The molecule has 2 aromatic heterocycles. The molecule has 8 nitrogen and oxygen atoms in total. The lowest BCUT2D eigenvalue weighted by molar-refractivity contribution is 0.220. The molecule has 1 aliphatic carbocycles. The van der Waals surface area contributed by atoms with Crippen molar-refractivity contribution in [3.05, 3.63) is 12.7 Å². The van der Waals surface area contributed by atoms with Gasteiger partial charge in [0.15, 0.2) is 11.5 Å². The maximum atomic E-state index is 12.2. The van der Waals surface area contributed by atoms with Gasteiger partial charge < -0.3 is 10.3 Å². The quantitative estimate of drug-likeness (QED) is 0.897. The van der Waals surface area contributed by atoms with Gasteiger partial charge in [-0.25, -0.2) is 23.4 Å². The molecule has 0 saturated heterocycles. The minimum absolute atomic E-state index is 0.0420. The summed E-state index contributed by atoms with van der Waals surface area (Å²) in [6.07, 6.45) is 9.29. The Morgan fingerprint density at radius 1 is 1.27 bits per heavy atom. The molecule has 120 valence electrons. The molecule has 0 radical (unpaired) electrons. The number of imidazole rings is 1. The van der Waals surface area contributed by atoms with Crippen molar-refractivity contribution in [3.63, 3.8) is 0 Å². The second kappa shape index (κ2) is 5.81. The second-order valence-corrected chi connectivity index (χ2v) is 7.66. The van der Waals surface area contributed by atoms with E-state index in [0.29, 0.717) is 17.0 Å². The van der Waals surface area contributed by atoms with Crippen molar-refractivity contribution < 1.29 is 8.42 Å². The molecule has 2 aromatic rings. The van der Waals surface area contributed by atoms with E-state index in [9.17, 15) is 8.42 Å². The van der Waals surface area contributed by atoms with Crippen molar-refractivity contribution in [1.82, 2.24) is 23.8 Å². The molecule has 3 rings (SSSR count). The number of anilines is 1. The lowest BCUT2D eigenvalue weighted by Gasteiger charge is -2.32. The van der Waals surface area contributed by atoms with Gasteiger partial charge in [-0.2, -0.15) is 4.31 Å². The molecule has 1 saturated carbocycles. The van der Waals surface area contributed by atoms with Gasteiger partial charge in [-0.3, -0.25) is 0 Å². The van der Waals surface area contributed by atoms with Crippen molar-refractivity contribution in [2.75, 3.05) is 12.0 Å². The van der Waals surface area contributed by atoms with Gasteiger partial charge in [-0.15, -0.1) is 0 Å². The monoisotopic (exact) mass is 324 g/mol. The Labute approximate surface area is 129 Å². The third kappa shape index (κ3) is 2.91. The van der Waals surface area contributed by atoms with Crippen molar-refractivity contribution in [3.8, 4) is 0 Å². The molecule has 0 amide bonds. The Kier molecular flexibility index (Phi) is 4.00. The fourth-order valence-corrected chi connectivity index (χ4v) is 4.10. The number of hydrogen-bond acceptors (Lipinski definition) is 6. The van der Waals surface area contributed by atoms with Gasteiger partial charge in [0.1, 0.15) is 11.8 Å².